The molecule has 3 rings (SSSR count). The lowest BCUT2D eigenvalue weighted by Gasteiger charge is -2.09. The number of aromatic nitrogens is 5. The lowest BCUT2D eigenvalue weighted by atomic mass is 10.2. The molecule has 146 valence electrons. The maximum atomic E-state index is 12.4. The lowest BCUT2D eigenvalue weighted by molar-refractivity contribution is -0.389. The summed E-state index contributed by atoms with van der Waals surface area (Å²) in [6.45, 7) is 3.60. The van der Waals surface area contributed by atoms with Crippen LogP contribution >= 0.6 is 23.2 Å². The van der Waals surface area contributed by atoms with Crippen LogP contribution in [0.25, 0.3) is 0 Å². The zero-order valence-electron chi connectivity index (χ0n) is 14.8. The van der Waals surface area contributed by atoms with E-state index in [0.717, 1.165) is 5.56 Å². The Labute approximate surface area is 169 Å². The van der Waals surface area contributed by atoms with Gasteiger partial charge in [-0.05, 0) is 36.5 Å². The van der Waals surface area contributed by atoms with Crippen molar-refractivity contribution in [2.45, 2.75) is 26.4 Å². The highest BCUT2D eigenvalue weighted by molar-refractivity contribution is 6.42. The van der Waals surface area contributed by atoms with Gasteiger partial charge in [-0.15, -0.1) is 5.10 Å². The molecule has 0 aliphatic carbocycles. The molecule has 1 atom stereocenters. The van der Waals surface area contributed by atoms with Gasteiger partial charge in [-0.2, -0.15) is 4.68 Å². The molecule has 0 saturated heterocycles. The van der Waals surface area contributed by atoms with E-state index in [2.05, 4.69) is 20.5 Å². The van der Waals surface area contributed by atoms with Gasteiger partial charge >= 0.3 is 5.82 Å². The summed E-state index contributed by atoms with van der Waals surface area (Å²) in [6.07, 6.45) is 1.47. The first-order valence-electron chi connectivity index (χ1n) is 8.09. The van der Waals surface area contributed by atoms with Crippen LogP contribution in [0.15, 0.2) is 30.6 Å². The van der Waals surface area contributed by atoms with E-state index in [9.17, 15) is 14.9 Å². The molecule has 0 saturated carbocycles. The van der Waals surface area contributed by atoms with Gasteiger partial charge in [0.25, 0.3) is 5.91 Å². The average Bonchev–Trinajstić information content (AvgIpc) is 3.24. The van der Waals surface area contributed by atoms with Gasteiger partial charge in [-0.25, -0.2) is 9.67 Å². The van der Waals surface area contributed by atoms with Gasteiger partial charge in [-0.1, -0.05) is 29.3 Å². The highest BCUT2D eigenvalue weighted by Crippen LogP contribution is 2.23. The first-order chi connectivity index (χ1) is 13.2. The molecule has 0 bridgehead atoms. The summed E-state index contributed by atoms with van der Waals surface area (Å²) in [5.41, 5.74) is 1.36. The second-order valence-electron chi connectivity index (χ2n) is 6.03. The predicted molar refractivity (Wildman–Crippen MR) is 103 cm³/mol. The van der Waals surface area contributed by atoms with E-state index < -0.39 is 16.9 Å². The Morgan fingerprint density at radius 3 is 2.68 bits per heavy atom. The predicted octanol–water partition coefficient (Wildman–Crippen LogP) is 3.25. The Bertz CT molecular complexity index is 1050. The van der Waals surface area contributed by atoms with Crippen molar-refractivity contribution in [3.63, 3.8) is 0 Å². The number of carbonyl (C=O) groups excluding carboxylic acids is 1. The van der Waals surface area contributed by atoms with E-state index in [1.807, 2.05) is 6.07 Å². The first-order valence-corrected chi connectivity index (χ1v) is 8.85. The first kappa shape index (κ1) is 19.8. The highest BCUT2D eigenvalue weighted by Gasteiger charge is 2.25. The van der Waals surface area contributed by atoms with E-state index in [1.165, 1.54) is 21.8 Å². The lowest BCUT2D eigenvalue weighted by Crippen LogP contribution is -2.25. The van der Waals surface area contributed by atoms with Crippen LogP contribution in [0, 0.1) is 17.0 Å². The van der Waals surface area contributed by atoms with Crippen molar-refractivity contribution in [3.05, 3.63) is 62.0 Å². The smallest absolute Gasteiger partial charge is 0.358 e. The number of carbonyl (C=O) groups is 1. The van der Waals surface area contributed by atoms with Crippen LogP contribution in [0.2, 0.25) is 10.0 Å². The van der Waals surface area contributed by atoms with Crippen LogP contribution in [0.3, 0.4) is 0 Å². The SMILES string of the molecule is Cc1cc([N+](=O)[O-])nn1C(C)C(=O)Nc1ncn(Cc2ccc(Cl)c(Cl)c2)n1. The van der Waals surface area contributed by atoms with Crippen LogP contribution in [-0.4, -0.2) is 35.4 Å². The van der Waals surface area contributed by atoms with E-state index in [1.54, 1.807) is 26.0 Å². The van der Waals surface area contributed by atoms with Crippen LogP contribution in [0.1, 0.15) is 24.2 Å². The minimum atomic E-state index is -0.782. The molecule has 0 aliphatic heterocycles. The minimum Gasteiger partial charge on any atom is -0.358 e. The third-order valence-electron chi connectivity index (χ3n) is 3.94. The van der Waals surface area contributed by atoms with Crippen molar-refractivity contribution in [2.24, 2.45) is 0 Å². The molecule has 1 amide bonds. The summed E-state index contributed by atoms with van der Waals surface area (Å²) in [7, 11) is 0. The standard InChI is InChI=1S/C16H15Cl2N7O3/c1-9-5-14(25(27)28)21-24(9)10(2)15(26)20-16-19-8-23(22-16)7-11-3-4-12(17)13(18)6-11/h3-6,8,10H,7H2,1-2H3,(H,20,22,26). The summed E-state index contributed by atoms with van der Waals surface area (Å²) < 4.78 is 2.81. The van der Waals surface area contributed by atoms with E-state index in [-0.39, 0.29) is 11.8 Å². The molecular formula is C16H15Cl2N7O3. The molecule has 1 aromatic carbocycles. The second-order valence-corrected chi connectivity index (χ2v) is 6.84. The number of benzene rings is 1. The number of amides is 1. The summed E-state index contributed by atoms with van der Waals surface area (Å²) in [4.78, 5) is 26.7. The normalized spacial score (nSPS) is 12.0. The molecule has 28 heavy (non-hydrogen) atoms. The van der Waals surface area contributed by atoms with Crippen molar-refractivity contribution in [1.29, 1.82) is 0 Å². The van der Waals surface area contributed by atoms with Gasteiger partial charge < -0.3 is 10.1 Å². The number of rotatable bonds is 6. The molecule has 2 aromatic heterocycles. The monoisotopic (exact) mass is 423 g/mol. The summed E-state index contributed by atoms with van der Waals surface area (Å²) in [6, 6.07) is 5.74. The summed E-state index contributed by atoms with van der Waals surface area (Å²) in [5, 5.41) is 22.3. The van der Waals surface area contributed by atoms with Crippen LogP contribution in [0.4, 0.5) is 11.8 Å². The zero-order valence-corrected chi connectivity index (χ0v) is 16.3. The molecule has 0 fully saturated rings. The Kier molecular flexibility index (Phi) is 5.61. The van der Waals surface area contributed by atoms with E-state index in [0.29, 0.717) is 22.3 Å². The Hall–Kier alpha value is -2.98. The molecule has 12 heteroatoms. The van der Waals surface area contributed by atoms with Crippen LogP contribution < -0.4 is 5.32 Å². The van der Waals surface area contributed by atoms with E-state index >= 15 is 0 Å². The van der Waals surface area contributed by atoms with Crippen molar-refractivity contribution in [3.8, 4) is 0 Å². The average molecular weight is 424 g/mol. The van der Waals surface area contributed by atoms with Crippen molar-refractivity contribution in [2.75, 3.05) is 5.32 Å². The quantitative estimate of drug-likeness (QED) is 0.479. The Morgan fingerprint density at radius 1 is 1.29 bits per heavy atom. The van der Waals surface area contributed by atoms with Gasteiger partial charge in [0.1, 0.15) is 12.4 Å². The van der Waals surface area contributed by atoms with Gasteiger partial charge in [0, 0.05) is 0 Å². The van der Waals surface area contributed by atoms with Gasteiger partial charge in [0.05, 0.1) is 33.4 Å². The van der Waals surface area contributed by atoms with E-state index in [4.69, 9.17) is 23.2 Å². The Balaban J connectivity index is 1.68. The third-order valence-corrected chi connectivity index (χ3v) is 4.68. The molecule has 3 aromatic rings. The number of hydrogen-bond acceptors (Lipinski definition) is 6. The summed E-state index contributed by atoms with van der Waals surface area (Å²) in [5.74, 6) is -0.661. The highest BCUT2D eigenvalue weighted by atomic mass is 35.5. The minimum absolute atomic E-state index is 0.108. The van der Waals surface area contributed by atoms with Crippen molar-refractivity contribution in [1.82, 2.24) is 24.5 Å². The van der Waals surface area contributed by atoms with Crippen LogP contribution in [-0.2, 0) is 11.3 Å². The Morgan fingerprint density at radius 2 is 2.04 bits per heavy atom. The number of nitrogens with one attached hydrogen (secondary N) is 1. The number of nitro groups is 1. The second kappa shape index (κ2) is 7.95. The van der Waals surface area contributed by atoms with Crippen molar-refractivity contribution >= 4 is 40.9 Å². The molecular weight excluding hydrogens is 409 g/mol. The molecule has 0 spiro atoms. The fourth-order valence-corrected chi connectivity index (χ4v) is 2.85. The third kappa shape index (κ3) is 4.29. The molecule has 10 nitrogen and oxygen atoms in total. The molecule has 2 heterocycles. The van der Waals surface area contributed by atoms with Crippen molar-refractivity contribution < 1.29 is 9.72 Å². The fraction of sp³-hybridized carbons (Fsp3) is 0.250. The maximum Gasteiger partial charge on any atom is 0.390 e. The number of hydrogen-bond donors (Lipinski definition) is 1. The number of halogens is 2. The van der Waals surface area contributed by atoms with Gasteiger partial charge in [-0.3, -0.25) is 10.1 Å². The number of anilines is 1. The number of aryl methyl sites for hydroxylation is 1. The largest absolute Gasteiger partial charge is 0.390 e. The molecule has 0 aliphatic rings. The van der Waals surface area contributed by atoms with Gasteiger partial charge in [0.2, 0.25) is 5.95 Å². The molecule has 1 unspecified atom stereocenters. The van der Waals surface area contributed by atoms with Gasteiger partial charge in [0.15, 0.2) is 0 Å². The summed E-state index contributed by atoms with van der Waals surface area (Å²) >= 11 is 11.9. The topological polar surface area (TPSA) is 121 Å². The van der Waals surface area contributed by atoms with Crippen LogP contribution in [0.5, 0.6) is 0 Å². The fourth-order valence-electron chi connectivity index (χ4n) is 2.53. The number of nitrogens with zero attached hydrogens (tertiary/aromatic N) is 6. The zero-order chi connectivity index (χ0) is 20.4. The molecule has 1 N–H and O–H groups in total. The maximum absolute atomic E-state index is 12.4. The molecule has 0 radical (unpaired) electrons.